The smallest absolute Gasteiger partial charge is 0.267 e. The van der Waals surface area contributed by atoms with Gasteiger partial charge in [0.25, 0.3) is 5.91 Å². The van der Waals surface area contributed by atoms with Crippen LogP contribution in [0.4, 0.5) is 5.13 Å². The second-order valence-corrected chi connectivity index (χ2v) is 11.0. The van der Waals surface area contributed by atoms with E-state index < -0.39 is 0 Å². The number of hydrogen-bond acceptors (Lipinski definition) is 6. The van der Waals surface area contributed by atoms with Crippen molar-refractivity contribution in [1.29, 1.82) is 0 Å². The van der Waals surface area contributed by atoms with Gasteiger partial charge in [-0.25, -0.2) is 4.98 Å². The summed E-state index contributed by atoms with van der Waals surface area (Å²) in [5.41, 5.74) is 2.95. The van der Waals surface area contributed by atoms with E-state index in [1.807, 2.05) is 71.8 Å². The zero-order chi connectivity index (χ0) is 24.2. The monoisotopic (exact) mass is 523 g/mol. The molecule has 1 aliphatic carbocycles. The predicted molar refractivity (Wildman–Crippen MR) is 145 cm³/mol. The molecule has 2 fully saturated rings. The maximum atomic E-state index is 13.5. The number of amidine groups is 1. The molecular formula is C27H26ClN3O2S2. The Kier molecular flexibility index (Phi) is 7.56. The van der Waals surface area contributed by atoms with E-state index in [4.69, 9.17) is 21.3 Å². The van der Waals surface area contributed by atoms with E-state index in [-0.39, 0.29) is 11.9 Å². The molecule has 1 saturated heterocycles. The third-order valence-corrected chi connectivity index (χ3v) is 8.16. The molecule has 8 heteroatoms. The van der Waals surface area contributed by atoms with E-state index in [1.165, 1.54) is 29.5 Å². The Hall–Kier alpha value is -2.61. The highest BCUT2D eigenvalue weighted by molar-refractivity contribution is 8.18. The zero-order valence-corrected chi connectivity index (χ0v) is 21.8. The van der Waals surface area contributed by atoms with Crippen LogP contribution in [0.3, 0.4) is 0 Å². The maximum Gasteiger partial charge on any atom is 0.267 e. The average Bonchev–Trinajstić information content (AvgIpc) is 3.42. The summed E-state index contributed by atoms with van der Waals surface area (Å²) in [6, 6.07) is 15.6. The minimum atomic E-state index is 0.0389. The molecular weight excluding hydrogens is 498 g/mol. The first-order valence-corrected chi connectivity index (χ1v) is 13.8. The molecule has 1 amide bonds. The lowest BCUT2D eigenvalue weighted by Gasteiger charge is -2.30. The normalized spacial score (nSPS) is 19.1. The van der Waals surface area contributed by atoms with Crippen molar-refractivity contribution in [2.75, 3.05) is 0 Å². The first kappa shape index (κ1) is 24.1. The molecule has 1 aromatic heterocycles. The molecule has 2 heterocycles. The quantitative estimate of drug-likeness (QED) is 0.312. The lowest BCUT2D eigenvalue weighted by atomic mass is 9.94. The number of amides is 1. The summed E-state index contributed by atoms with van der Waals surface area (Å²) in [6.45, 7) is 2.43. The van der Waals surface area contributed by atoms with Crippen molar-refractivity contribution in [3.8, 4) is 5.75 Å². The van der Waals surface area contributed by atoms with Crippen molar-refractivity contribution < 1.29 is 9.53 Å². The van der Waals surface area contributed by atoms with Crippen LogP contribution in [0.15, 0.2) is 63.8 Å². The van der Waals surface area contributed by atoms with Crippen LogP contribution < -0.4 is 4.74 Å². The molecule has 2 aliphatic rings. The maximum absolute atomic E-state index is 13.5. The summed E-state index contributed by atoms with van der Waals surface area (Å²) in [7, 11) is 0. The van der Waals surface area contributed by atoms with Gasteiger partial charge in [0.2, 0.25) is 5.13 Å². The van der Waals surface area contributed by atoms with Crippen LogP contribution in [0.2, 0.25) is 5.02 Å². The molecule has 0 spiro atoms. The fourth-order valence-corrected chi connectivity index (χ4v) is 6.15. The summed E-state index contributed by atoms with van der Waals surface area (Å²) in [5, 5.41) is 4.13. The number of halogens is 1. The van der Waals surface area contributed by atoms with Gasteiger partial charge in [-0.2, -0.15) is 4.99 Å². The van der Waals surface area contributed by atoms with Gasteiger partial charge in [-0.05, 0) is 73.0 Å². The standard InChI is InChI=1S/C27H26ClN3O2S2/c1-18-17-34-26(29-18)30-27-31(22-5-3-2-4-6-22)25(32)24(35-27)15-19-9-13-23(14-10-19)33-16-20-7-11-21(28)12-8-20/h7-15,17,22H,2-6,16H2,1H3/b24-15-,30-27+. The van der Waals surface area contributed by atoms with E-state index in [9.17, 15) is 4.79 Å². The number of hydrogen-bond donors (Lipinski definition) is 0. The summed E-state index contributed by atoms with van der Waals surface area (Å²) in [5.74, 6) is 0.815. The lowest BCUT2D eigenvalue weighted by molar-refractivity contribution is -0.124. The highest BCUT2D eigenvalue weighted by Crippen LogP contribution is 2.39. The van der Waals surface area contributed by atoms with Gasteiger partial charge >= 0.3 is 0 Å². The number of aryl methyl sites for hydroxylation is 1. The van der Waals surface area contributed by atoms with E-state index >= 15 is 0 Å². The van der Waals surface area contributed by atoms with Crippen molar-refractivity contribution in [3.05, 3.63) is 80.7 Å². The number of ether oxygens (including phenoxy) is 1. The number of benzene rings is 2. The molecule has 0 atom stereocenters. The van der Waals surface area contributed by atoms with Gasteiger partial charge in [0.1, 0.15) is 12.4 Å². The van der Waals surface area contributed by atoms with Gasteiger partial charge in [0.15, 0.2) is 5.17 Å². The van der Waals surface area contributed by atoms with Crippen LogP contribution in [-0.2, 0) is 11.4 Å². The highest BCUT2D eigenvalue weighted by atomic mass is 35.5. The molecule has 0 unspecified atom stereocenters. The molecule has 1 aliphatic heterocycles. The molecule has 5 rings (SSSR count). The Morgan fingerprint density at radius 2 is 1.86 bits per heavy atom. The number of aliphatic imine (C=N–C) groups is 1. The summed E-state index contributed by atoms with van der Waals surface area (Å²) in [6.07, 6.45) is 7.53. The molecule has 5 nitrogen and oxygen atoms in total. The Labute approximate surface area is 218 Å². The molecule has 35 heavy (non-hydrogen) atoms. The number of carbonyl (C=O) groups is 1. The minimum Gasteiger partial charge on any atom is -0.489 e. The van der Waals surface area contributed by atoms with Crippen molar-refractivity contribution in [1.82, 2.24) is 9.88 Å². The fourth-order valence-electron chi connectivity index (χ4n) is 4.26. The van der Waals surface area contributed by atoms with Crippen LogP contribution in [0.25, 0.3) is 6.08 Å². The summed E-state index contributed by atoms with van der Waals surface area (Å²) < 4.78 is 5.89. The van der Waals surface area contributed by atoms with Gasteiger partial charge in [0.05, 0.1) is 10.6 Å². The first-order chi connectivity index (χ1) is 17.0. The number of carbonyl (C=O) groups excluding carboxylic acids is 1. The second-order valence-electron chi connectivity index (χ2n) is 8.73. The van der Waals surface area contributed by atoms with E-state index in [0.717, 1.165) is 53.4 Å². The Morgan fingerprint density at radius 3 is 2.54 bits per heavy atom. The van der Waals surface area contributed by atoms with E-state index in [0.29, 0.717) is 21.7 Å². The minimum absolute atomic E-state index is 0.0389. The van der Waals surface area contributed by atoms with Crippen molar-refractivity contribution in [2.45, 2.75) is 51.7 Å². The summed E-state index contributed by atoms with van der Waals surface area (Å²) in [4.78, 5) is 25.3. The summed E-state index contributed by atoms with van der Waals surface area (Å²) >= 11 is 8.90. The van der Waals surface area contributed by atoms with Crippen LogP contribution in [-0.4, -0.2) is 27.0 Å². The number of aromatic nitrogens is 1. The van der Waals surface area contributed by atoms with Crippen molar-refractivity contribution in [2.24, 2.45) is 4.99 Å². The molecule has 3 aromatic rings. The molecule has 2 aromatic carbocycles. The third-order valence-electron chi connectivity index (χ3n) is 6.07. The lowest BCUT2D eigenvalue weighted by Crippen LogP contribution is -2.40. The first-order valence-electron chi connectivity index (χ1n) is 11.8. The molecule has 1 saturated carbocycles. The van der Waals surface area contributed by atoms with Gasteiger partial charge in [-0.1, -0.05) is 55.1 Å². The largest absolute Gasteiger partial charge is 0.489 e. The number of thiazole rings is 1. The fraction of sp³-hybridized carbons (Fsp3) is 0.296. The van der Waals surface area contributed by atoms with Crippen molar-refractivity contribution in [3.63, 3.8) is 0 Å². The van der Waals surface area contributed by atoms with Gasteiger partial charge in [0, 0.05) is 16.4 Å². The Balaban J connectivity index is 1.33. The van der Waals surface area contributed by atoms with Crippen LogP contribution in [0.5, 0.6) is 5.75 Å². The van der Waals surface area contributed by atoms with Crippen molar-refractivity contribution >= 4 is 57.0 Å². The topological polar surface area (TPSA) is 54.8 Å². The van der Waals surface area contributed by atoms with Gasteiger partial charge in [-0.15, -0.1) is 11.3 Å². The number of nitrogens with zero attached hydrogens (tertiary/aromatic N) is 3. The zero-order valence-electron chi connectivity index (χ0n) is 19.4. The number of thioether (sulfide) groups is 1. The van der Waals surface area contributed by atoms with Crippen LogP contribution >= 0.6 is 34.7 Å². The van der Waals surface area contributed by atoms with Gasteiger partial charge in [-0.3, -0.25) is 9.69 Å². The Bertz CT molecular complexity index is 1250. The van der Waals surface area contributed by atoms with Gasteiger partial charge < -0.3 is 4.74 Å². The molecule has 180 valence electrons. The highest BCUT2D eigenvalue weighted by Gasteiger charge is 2.38. The molecule has 0 bridgehead atoms. The third kappa shape index (κ3) is 5.97. The SMILES string of the molecule is Cc1csc(/N=C2/S/C(=C\c3ccc(OCc4ccc(Cl)cc4)cc3)C(=O)N2C2CCCCC2)n1. The molecule has 0 N–H and O–H groups in total. The van der Waals surface area contributed by atoms with E-state index in [1.54, 1.807) is 0 Å². The average molecular weight is 524 g/mol. The number of rotatable bonds is 6. The Morgan fingerprint density at radius 1 is 1.11 bits per heavy atom. The van der Waals surface area contributed by atoms with Crippen LogP contribution in [0.1, 0.15) is 48.9 Å². The van der Waals surface area contributed by atoms with E-state index in [2.05, 4.69) is 4.98 Å². The predicted octanol–water partition coefficient (Wildman–Crippen LogP) is 7.62. The molecule has 0 radical (unpaired) electrons. The second kappa shape index (κ2) is 11.0. The van der Waals surface area contributed by atoms with Crippen LogP contribution in [0, 0.1) is 6.92 Å².